The lowest BCUT2D eigenvalue weighted by Crippen LogP contribution is -2.28. The minimum atomic E-state index is -0.911. The van der Waals surface area contributed by atoms with E-state index < -0.39 is 5.97 Å². The Morgan fingerprint density at radius 1 is 1.33 bits per heavy atom. The van der Waals surface area contributed by atoms with Gasteiger partial charge in [0.1, 0.15) is 0 Å². The first-order valence-corrected chi connectivity index (χ1v) is 6.64. The SMILES string of the molecule is O=C(O)c1ccc(CN(CC2CC2)C2CC2)nc1. The van der Waals surface area contributed by atoms with Crippen LogP contribution >= 0.6 is 0 Å². The van der Waals surface area contributed by atoms with Crippen LogP contribution in [0.3, 0.4) is 0 Å². The lowest BCUT2D eigenvalue weighted by atomic mass is 10.2. The van der Waals surface area contributed by atoms with Crippen molar-refractivity contribution in [2.24, 2.45) is 5.92 Å². The summed E-state index contributed by atoms with van der Waals surface area (Å²) in [6, 6.07) is 4.23. The quantitative estimate of drug-likeness (QED) is 0.835. The van der Waals surface area contributed by atoms with E-state index in [1.54, 1.807) is 6.07 Å². The fraction of sp³-hybridized carbons (Fsp3) is 0.571. The second-order valence-electron chi connectivity index (χ2n) is 5.45. The first-order valence-electron chi connectivity index (χ1n) is 6.64. The number of hydrogen-bond acceptors (Lipinski definition) is 3. The largest absolute Gasteiger partial charge is 0.478 e. The van der Waals surface area contributed by atoms with Gasteiger partial charge in [-0.2, -0.15) is 0 Å². The third-order valence-corrected chi connectivity index (χ3v) is 3.69. The molecule has 0 bridgehead atoms. The predicted molar refractivity (Wildman–Crippen MR) is 67.4 cm³/mol. The molecule has 0 radical (unpaired) electrons. The number of pyridine rings is 1. The first-order chi connectivity index (χ1) is 8.72. The van der Waals surface area contributed by atoms with E-state index in [-0.39, 0.29) is 5.56 Å². The van der Waals surface area contributed by atoms with Crippen molar-refractivity contribution in [2.45, 2.75) is 38.3 Å². The summed E-state index contributed by atoms with van der Waals surface area (Å²) in [4.78, 5) is 17.5. The molecule has 96 valence electrons. The molecular formula is C14H18N2O2. The van der Waals surface area contributed by atoms with Crippen LogP contribution in [0.25, 0.3) is 0 Å². The van der Waals surface area contributed by atoms with Crippen molar-refractivity contribution in [1.29, 1.82) is 0 Å². The fourth-order valence-corrected chi connectivity index (χ4v) is 2.27. The fourth-order valence-electron chi connectivity index (χ4n) is 2.27. The second-order valence-corrected chi connectivity index (χ2v) is 5.45. The highest BCUT2D eigenvalue weighted by Crippen LogP contribution is 2.35. The van der Waals surface area contributed by atoms with E-state index in [0.717, 1.165) is 24.2 Å². The molecule has 0 amide bonds. The molecule has 2 aliphatic rings. The number of rotatable bonds is 6. The molecule has 4 nitrogen and oxygen atoms in total. The Kier molecular flexibility index (Phi) is 3.04. The zero-order valence-electron chi connectivity index (χ0n) is 10.4. The Bertz CT molecular complexity index is 436. The van der Waals surface area contributed by atoms with Crippen molar-refractivity contribution < 1.29 is 9.90 Å². The molecule has 2 aliphatic carbocycles. The molecule has 0 unspecified atom stereocenters. The van der Waals surface area contributed by atoms with Gasteiger partial charge in [0.05, 0.1) is 11.3 Å². The zero-order chi connectivity index (χ0) is 12.5. The molecule has 0 saturated heterocycles. The van der Waals surface area contributed by atoms with Crippen molar-refractivity contribution in [3.63, 3.8) is 0 Å². The molecule has 2 saturated carbocycles. The van der Waals surface area contributed by atoms with Crippen LogP contribution in [-0.2, 0) is 6.54 Å². The molecule has 0 spiro atoms. The van der Waals surface area contributed by atoms with Crippen LogP contribution in [0.2, 0.25) is 0 Å². The van der Waals surface area contributed by atoms with Gasteiger partial charge in [-0.3, -0.25) is 9.88 Å². The van der Waals surface area contributed by atoms with Gasteiger partial charge in [-0.15, -0.1) is 0 Å². The van der Waals surface area contributed by atoms with E-state index in [2.05, 4.69) is 9.88 Å². The predicted octanol–water partition coefficient (Wildman–Crippen LogP) is 2.15. The molecule has 1 N–H and O–H groups in total. The summed E-state index contributed by atoms with van der Waals surface area (Å²) < 4.78 is 0. The Labute approximate surface area is 107 Å². The molecule has 1 aromatic heterocycles. The van der Waals surface area contributed by atoms with Crippen LogP contribution in [0.5, 0.6) is 0 Å². The van der Waals surface area contributed by atoms with E-state index in [9.17, 15) is 4.79 Å². The summed E-state index contributed by atoms with van der Waals surface area (Å²) in [6.07, 6.45) is 6.81. The minimum absolute atomic E-state index is 0.263. The smallest absolute Gasteiger partial charge is 0.337 e. The van der Waals surface area contributed by atoms with Gasteiger partial charge in [-0.1, -0.05) is 0 Å². The van der Waals surface area contributed by atoms with Crippen molar-refractivity contribution in [2.75, 3.05) is 6.54 Å². The van der Waals surface area contributed by atoms with Gasteiger partial charge in [0.2, 0.25) is 0 Å². The monoisotopic (exact) mass is 246 g/mol. The first kappa shape index (κ1) is 11.7. The standard InChI is InChI=1S/C14H18N2O2/c17-14(18)11-3-4-12(15-7-11)9-16(13-5-6-13)8-10-1-2-10/h3-4,7,10,13H,1-2,5-6,8-9H2,(H,17,18). The highest BCUT2D eigenvalue weighted by molar-refractivity contribution is 5.87. The van der Waals surface area contributed by atoms with E-state index in [0.29, 0.717) is 0 Å². The number of aromatic nitrogens is 1. The van der Waals surface area contributed by atoms with Crippen molar-refractivity contribution in [3.05, 3.63) is 29.6 Å². The topological polar surface area (TPSA) is 53.4 Å². The summed E-state index contributed by atoms with van der Waals surface area (Å²) in [7, 11) is 0. The molecular weight excluding hydrogens is 228 g/mol. The Balaban J connectivity index is 1.63. The van der Waals surface area contributed by atoms with Crippen LogP contribution in [0, 0.1) is 5.92 Å². The van der Waals surface area contributed by atoms with Crippen molar-refractivity contribution >= 4 is 5.97 Å². The zero-order valence-corrected chi connectivity index (χ0v) is 10.4. The lowest BCUT2D eigenvalue weighted by molar-refractivity contribution is 0.0696. The van der Waals surface area contributed by atoms with Gasteiger partial charge in [0, 0.05) is 25.3 Å². The Hall–Kier alpha value is -1.42. The number of carboxylic acid groups (broad SMARTS) is 1. The van der Waals surface area contributed by atoms with E-state index in [1.807, 2.05) is 6.07 Å². The molecule has 18 heavy (non-hydrogen) atoms. The average Bonchev–Trinajstić information content (AvgIpc) is 3.23. The number of hydrogen-bond donors (Lipinski definition) is 1. The normalized spacial score (nSPS) is 19.2. The van der Waals surface area contributed by atoms with Crippen LogP contribution in [0.4, 0.5) is 0 Å². The van der Waals surface area contributed by atoms with Gasteiger partial charge in [-0.25, -0.2) is 4.79 Å². The summed E-state index contributed by atoms with van der Waals surface area (Å²) in [6.45, 7) is 2.05. The Morgan fingerprint density at radius 2 is 2.11 bits per heavy atom. The summed E-state index contributed by atoms with van der Waals surface area (Å²) in [5.74, 6) is -0.0185. The molecule has 3 rings (SSSR count). The van der Waals surface area contributed by atoms with Gasteiger partial charge in [0.15, 0.2) is 0 Å². The molecule has 0 aliphatic heterocycles. The van der Waals surface area contributed by atoms with Crippen LogP contribution in [-0.4, -0.2) is 33.5 Å². The molecule has 2 fully saturated rings. The number of nitrogens with zero attached hydrogens (tertiary/aromatic N) is 2. The summed E-state index contributed by atoms with van der Waals surface area (Å²) in [5, 5.41) is 8.83. The van der Waals surface area contributed by atoms with Gasteiger partial charge >= 0.3 is 5.97 Å². The maximum absolute atomic E-state index is 10.8. The third-order valence-electron chi connectivity index (χ3n) is 3.69. The third kappa shape index (κ3) is 2.88. The minimum Gasteiger partial charge on any atom is -0.478 e. The molecule has 1 aromatic rings. The number of aromatic carboxylic acids is 1. The van der Waals surface area contributed by atoms with Crippen LogP contribution < -0.4 is 0 Å². The molecule has 4 heteroatoms. The van der Waals surface area contributed by atoms with Crippen LogP contribution in [0.1, 0.15) is 41.7 Å². The maximum atomic E-state index is 10.8. The van der Waals surface area contributed by atoms with Crippen molar-refractivity contribution in [3.8, 4) is 0 Å². The van der Waals surface area contributed by atoms with E-state index >= 15 is 0 Å². The van der Waals surface area contributed by atoms with Gasteiger partial charge in [0.25, 0.3) is 0 Å². The summed E-state index contributed by atoms with van der Waals surface area (Å²) in [5.41, 5.74) is 1.24. The summed E-state index contributed by atoms with van der Waals surface area (Å²) >= 11 is 0. The molecule has 1 heterocycles. The maximum Gasteiger partial charge on any atom is 0.337 e. The van der Waals surface area contributed by atoms with Crippen molar-refractivity contribution in [1.82, 2.24) is 9.88 Å². The number of carboxylic acids is 1. The lowest BCUT2D eigenvalue weighted by Gasteiger charge is -2.21. The highest BCUT2D eigenvalue weighted by atomic mass is 16.4. The Morgan fingerprint density at radius 3 is 2.61 bits per heavy atom. The average molecular weight is 246 g/mol. The van der Waals surface area contributed by atoms with Gasteiger partial charge in [-0.05, 0) is 43.7 Å². The van der Waals surface area contributed by atoms with E-state index in [4.69, 9.17) is 5.11 Å². The van der Waals surface area contributed by atoms with Crippen LogP contribution in [0.15, 0.2) is 18.3 Å². The number of carbonyl (C=O) groups is 1. The molecule has 0 atom stereocenters. The highest BCUT2D eigenvalue weighted by Gasteiger charge is 2.33. The van der Waals surface area contributed by atoms with Gasteiger partial charge < -0.3 is 5.11 Å². The second kappa shape index (κ2) is 4.69. The molecule has 0 aromatic carbocycles. The van der Waals surface area contributed by atoms with E-state index in [1.165, 1.54) is 38.4 Å².